The Balaban J connectivity index is 0.00000338. The number of rotatable bonds is 8. The summed E-state index contributed by atoms with van der Waals surface area (Å²) in [6.45, 7) is 3.16. The van der Waals surface area contributed by atoms with Crippen LogP contribution in [0.15, 0.2) is 17.0 Å². The van der Waals surface area contributed by atoms with Crippen molar-refractivity contribution in [3.8, 4) is 0 Å². The molecule has 0 aromatic heterocycles. The van der Waals surface area contributed by atoms with Crippen LogP contribution < -0.4 is 10.5 Å². The topological polar surface area (TPSA) is 142 Å². The Hall–Kier alpha value is -1.75. The molecule has 0 saturated heterocycles. The Morgan fingerprint density at radius 3 is 2.54 bits per heavy atom. The molecule has 26 heavy (non-hydrogen) atoms. The van der Waals surface area contributed by atoms with Crippen LogP contribution in [0.2, 0.25) is 0 Å². The van der Waals surface area contributed by atoms with Gasteiger partial charge in [-0.15, -0.1) is 12.4 Å². The molecule has 1 aromatic carbocycles. The van der Waals surface area contributed by atoms with Gasteiger partial charge < -0.3 is 10.5 Å². The van der Waals surface area contributed by atoms with Gasteiger partial charge in [0.15, 0.2) is 0 Å². The minimum atomic E-state index is -4.06. The van der Waals surface area contributed by atoms with Crippen LogP contribution in [0.4, 0.5) is 5.69 Å². The molecule has 11 heteroatoms. The van der Waals surface area contributed by atoms with Crippen molar-refractivity contribution in [2.45, 2.75) is 37.6 Å². The number of hydrogen-bond donors (Lipinski definition) is 2. The van der Waals surface area contributed by atoms with Gasteiger partial charge in [0.25, 0.3) is 5.69 Å². The van der Waals surface area contributed by atoms with Gasteiger partial charge in [-0.3, -0.25) is 10.1 Å². The average molecular weight is 408 g/mol. The molecule has 146 valence electrons. The van der Waals surface area contributed by atoms with Gasteiger partial charge in [-0.2, -0.15) is 0 Å². The average Bonchev–Trinajstić information content (AvgIpc) is 3.37. The van der Waals surface area contributed by atoms with E-state index in [1.165, 1.54) is 6.92 Å². The molecule has 1 unspecified atom stereocenters. The number of nitrogens with two attached hydrogens (primary N) is 1. The van der Waals surface area contributed by atoms with Gasteiger partial charge in [0, 0.05) is 24.2 Å². The van der Waals surface area contributed by atoms with Gasteiger partial charge in [-0.1, -0.05) is 0 Å². The molecule has 2 rings (SSSR count). The van der Waals surface area contributed by atoms with E-state index in [1.807, 2.05) is 0 Å². The number of hydrogen-bond acceptors (Lipinski definition) is 7. The molecule has 0 aliphatic heterocycles. The van der Waals surface area contributed by atoms with Crippen LogP contribution in [0.25, 0.3) is 0 Å². The zero-order chi connectivity index (χ0) is 18.8. The molecule has 0 radical (unpaired) electrons. The number of nitrogens with zero attached hydrogens (tertiary/aromatic N) is 1. The van der Waals surface area contributed by atoms with Crippen LogP contribution in [0.3, 0.4) is 0 Å². The molecule has 0 heterocycles. The molecule has 1 saturated carbocycles. The second-order valence-corrected chi connectivity index (χ2v) is 7.61. The van der Waals surface area contributed by atoms with Crippen molar-refractivity contribution >= 4 is 34.1 Å². The minimum Gasteiger partial charge on any atom is -0.462 e. The monoisotopic (exact) mass is 407 g/mol. The van der Waals surface area contributed by atoms with E-state index < -0.39 is 32.6 Å². The van der Waals surface area contributed by atoms with Crippen molar-refractivity contribution in [3.05, 3.63) is 33.4 Å². The fraction of sp³-hybridized carbons (Fsp3) is 0.533. The summed E-state index contributed by atoms with van der Waals surface area (Å²) in [5.74, 6) is -0.637. The lowest BCUT2D eigenvalue weighted by atomic mass is 10.1. The summed E-state index contributed by atoms with van der Waals surface area (Å²) in [7, 11) is -4.06. The Kier molecular flexibility index (Phi) is 7.51. The number of halogens is 1. The summed E-state index contributed by atoms with van der Waals surface area (Å²) in [6.07, 6.45) is 1.76. The highest BCUT2D eigenvalue weighted by molar-refractivity contribution is 7.89. The van der Waals surface area contributed by atoms with Crippen LogP contribution in [0.1, 0.15) is 35.7 Å². The second kappa shape index (κ2) is 8.76. The van der Waals surface area contributed by atoms with Crippen molar-refractivity contribution < 1.29 is 22.9 Å². The summed E-state index contributed by atoms with van der Waals surface area (Å²) in [5.41, 5.74) is 5.06. The first-order valence-corrected chi connectivity index (χ1v) is 9.38. The maximum atomic E-state index is 12.6. The molecule has 1 aliphatic rings. The molecule has 1 fully saturated rings. The number of carbonyl (C=O) groups is 1. The Labute approximate surface area is 157 Å². The second-order valence-electron chi connectivity index (χ2n) is 5.89. The summed E-state index contributed by atoms with van der Waals surface area (Å²) in [4.78, 5) is 22.2. The first-order chi connectivity index (χ1) is 11.7. The van der Waals surface area contributed by atoms with Gasteiger partial charge in [0.05, 0.1) is 22.0 Å². The van der Waals surface area contributed by atoms with Crippen molar-refractivity contribution in [1.29, 1.82) is 0 Å². The normalized spacial score (nSPS) is 15.0. The Morgan fingerprint density at radius 2 is 2.08 bits per heavy atom. The van der Waals surface area contributed by atoms with Gasteiger partial charge >= 0.3 is 5.97 Å². The molecular formula is C15H22ClN3O6S. The van der Waals surface area contributed by atoms with E-state index in [1.54, 1.807) is 6.92 Å². The molecule has 0 amide bonds. The first-order valence-electron chi connectivity index (χ1n) is 7.89. The predicted molar refractivity (Wildman–Crippen MR) is 96.9 cm³/mol. The molecule has 0 spiro atoms. The highest BCUT2D eigenvalue weighted by atomic mass is 35.5. The van der Waals surface area contributed by atoms with Crippen molar-refractivity contribution in [1.82, 2.24) is 4.72 Å². The molecule has 9 nitrogen and oxygen atoms in total. The van der Waals surface area contributed by atoms with E-state index >= 15 is 0 Å². The maximum absolute atomic E-state index is 12.6. The van der Waals surface area contributed by atoms with Gasteiger partial charge in [-0.05, 0) is 38.7 Å². The number of esters is 1. The third-order valence-electron chi connectivity index (χ3n) is 4.11. The number of nitro groups is 1. The van der Waals surface area contributed by atoms with Crippen LogP contribution in [-0.4, -0.2) is 38.5 Å². The third kappa shape index (κ3) is 4.91. The lowest BCUT2D eigenvalue weighted by Gasteiger charge is -2.17. The Morgan fingerprint density at radius 1 is 1.46 bits per heavy atom. The molecule has 1 aromatic rings. The number of nitrogens with one attached hydrogen (secondary N) is 1. The summed E-state index contributed by atoms with van der Waals surface area (Å²) in [5, 5.41) is 11.2. The van der Waals surface area contributed by atoms with Crippen molar-refractivity contribution in [2.24, 2.45) is 11.7 Å². The van der Waals surface area contributed by atoms with Crippen LogP contribution >= 0.6 is 12.4 Å². The fourth-order valence-corrected chi connectivity index (χ4v) is 3.90. The van der Waals surface area contributed by atoms with E-state index in [4.69, 9.17) is 10.5 Å². The first kappa shape index (κ1) is 22.3. The van der Waals surface area contributed by atoms with Gasteiger partial charge in [-0.25, -0.2) is 17.9 Å². The van der Waals surface area contributed by atoms with E-state index in [0.29, 0.717) is 0 Å². The SMILES string of the molecule is CCOC(=O)c1cc(S(=O)(=O)NC(CN)C2CC2)cc([N+](=O)[O-])c1C.Cl. The molecule has 1 aliphatic carbocycles. The predicted octanol–water partition coefficient (Wildman–Crippen LogP) is 1.52. The van der Waals surface area contributed by atoms with Crippen molar-refractivity contribution in [3.63, 3.8) is 0 Å². The quantitative estimate of drug-likeness (QED) is 0.378. The largest absolute Gasteiger partial charge is 0.462 e. The third-order valence-corrected chi connectivity index (χ3v) is 5.58. The number of nitro benzene ring substituents is 1. The molecule has 3 N–H and O–H groups in total. The van der Waals surface area contributed by atoms with E-state index in [-0.39, 0.29) is 47.5 Å². The molecule has 1 atom stereocenters. The summed E-state index contributed by atoms with van der Waals surface area (Å²) in [6, 6.07) is 1.61. The standard InChI is InChI=1S/C15H21N3O6S.ClH/c1-3-24-15(19)12-6-11(7-14(9(12)2)18(20)21)25(22,23)17-13(8-16)10-4-5-10;/h6-7,10,13,17H,3-5,8,16H2,1-2H3;1H. The van der Waals surface area contributed by atoms with E-state index in [0.717, 1.165) is 25.0 Å². The summed E-state index contributed by atoms with van der Waals surface area (Å²) < 4.78 is 32.6. The van der Waals surface area contributed by atoms with Gasteiger partial charge in [0.2, 0.25) is 10.0 Å². The van der Waals surface area contributed by atoms with Crippen LogP contribution in [0, 0.1) is 23.0 Å². The minimum absolute atomic E-state index is 0. The molecular weight excluding hydrogens is 386 g/mol. The fourth-order valence-electron chi connectivity index (χ4n) is 2.54. The lowest BCUT2D eigenvalue weighted by Crippen LogP contribution is -2.41. The molecule has 0 bridgehead atoms. The zero-order valence-electron chi connectivity index (χ0n) is 14.4. The highest BCUT2D eigenvalue weighted by Crippen LogP contribution is 2.33. The number of carbonyl (C=O) groups excluding carboxylic acids is 1. The van der Waals surface area contributed by atoms with E-state index in [2.05, 4.69) is 4.72 Å². The van der Waals surface area contributed by atoms with Crippen molar-refractivity contribution in [2.75, 3.05) is 13.2 Å². The zero-order valence-corrected chi connectivity index (χ0v) is 16.1. The lowest BCUT2D eigenvalue weighted by molar-refractivity contribution is -0.385. The maximum Gasteiger partial charge on any atom is 0.338 e. The van der Waals surface area contributed by atoms with Crippen LogP contribution in [-0.2, 0) is 14.8 Å². The summed E-state index contributed by atoms with van der Waals surface area (Å²) >= 11 is 0. The van der Waals surface area contributed by atoms with Crippen LogP contribution in [0.5, 0.6) is 0 Å². The smallest absolute Gasteiger partial charge is 0.338 e. The highest BCUT2D eigenvalue weighted by Gasteiger charge is 2.34. The van der Waals surface area contributed by atoms with E-state index in [9.17, 15) is 23.3 Å². The van der Waals surface area contributed by atoms with Gasteiger partial charge in [0.1, 0.15) is 0 Å². The number of benzene rings is 1. The number of sulfonamides is 1. The Bertz CT molecular complexity index is 795. The number of ether oxygens (including phenoxy) is 1.